The van der Waals surface area contributed by atoms with Crippen LogP contribution in [0.2, 0.25) is 0 Å². The number of nitrogens with zero attached hydrogens (tertiary/aromatic N) is 2. The molecule has 39 heavy (non-hydrogen) atoms. The van der Waals surface area contributed by atoms with Crippen molar-refractivity contribution in [2.75, 3.05) is 0 Å². The Balaban J connectivity index is 1.54. The summed E-state index contributed by atoms with van der Waals surface area (Å²) in [4.78, 5) is 9.48. The van der Waals surface area contributed by atoms with E-state index in [-0.39, 0.29) is 14.5 Å². The average molecular weight is 598 g/mol. The first-order chi connectivity index (χ1) is 19.3. The van der Waals surface area contributed by atoms with Gasteiger partial charge in [0.25, 0.3) is 0 Å². The molecule has 0 aliphatic carbocycles. The van der Waals surface area contributed by atoms with Crippen LogP contribution in [0.3, 0.4) is 0 Å². The average Bonchev–Trinajstić information content (AvgIpc) is 3.75. The van der Waals surface area contributed by atoms with E-state index in [1.807, 2.05) is 12.4 Å². The summed E-state index contributed by atoms with van der Waals surface area (Å²) in [5, 5.41) is 19.4. The predicted octanol–water partition coefficient (Wildman–Crippen LogP) is 9.91. The molecule has 0 radical (unpaired) electrons. The van der Waals surface area contributed by atoms with Gasteiger partial charge in [-0.1, -0.05) is 0 Å². The molecule has 5 heteroatoms. The van der Waals surface area contributed by atoms with Crippen molar-refractivity contribution < 1.29 is 0 Å². The summed E-state index contributed by atoms with van der Waals surface area (Å²) in [7, 11) is 0. The molecule has 3 aromatic heterocycles. The van der Waals surface area contributed by atoms with Crippen LogP contribution in [0.5, 0.6) is 0 Å². The molecule has 6 aromatic carbocycles. The van der Waals surface area contributed by atoms with E-state index in [1.54, 1.807) is 22.7 Å². The van der Waals surface area contributed by atoms with Gasteiger partial charge in [0.15, 0.2) is 0 Å². The van der Waals surface area contributed by atoms with Gasteiger partial charge in [0.1, 0.15) is 0 Å². The van der Waals surface area contributed by atoms with Gasteiger partial charge >= 0.3 is 239 Å². The van der Waals surface area contributed by atoms with Crippen LogP contribution in [0.1, 0.15) is 0 Å². The van der Waals surface area contributed by atoms with Gasteiger partial charge in [0, 0.05) is 0 Å². The second-order valence-corrected chi connectivity index (χ2v) is 13.9. The number of aromatic nitrogens is 2. The van der Waals surface area contributed by atoms with Gasteiger partial charge in [0.05, 0.1) is 0 Å². The molecule has 0 spiro atoms. The topological polar surface area (TPSA) is 25.8 Å². The fourth-order valence-corrected chi connectivity index (χ4v) is 9.92. The van der Waals surface area contributed by atoms with E-state index < -0.39 is 0 Å². The monoisotopic (exact) mass is 598 g/mol. The van der Waals surface area contributed by atoms with E-state index in [4.69, 9.17) is 9.97 Å². The molecule has 0 bridgehead atoms. The Bertz CT molecular complexity index is 2220. The van der Waals surface area contributed by atoms with Crippen LogP contribution < -0.4 is 0 Å². The Labute approximate surface area is 237 Å². The summed E-state index contributed by atoms with van der Waals surface area (Å²) in [5.74, 6) is 0. The van der Waals surface area contributed by atoms with Crippen LogP contribution in [-0.2, 0) is 0 Å². The zero-order valence-electron chi connectivity index (χ0n) is 20.5. The van der Waals surface area contributed by atoms with Crippen LogP contribution in [0.4, 0.5) is 0 Å². The second kappa shape index (κ2) is 8.32. The van der Waals surface area contributed by atoms with Gasteiger partial charge in [-0.2, -0.15) is 0 Å². The molecule has 0 saturated heterocycles. The SMILES string of the molecule is c1ccc2cc3c(cc2c1)c(-c1nccs1)cc1[se]c2cc(-c4nccs4)c4cc5ccccc5cc4c2c13. The van der Waals surface area contributed by atoms with E-state index in [0.29, 0.717) is 0 Å². The zero-order valence-corrected chi connectivity index (χ0v) is 23.9. The van der Waals surface area contributed by atoms with Crippen molar-refractivity contribution in [2.45, 2.75) is 0 Å². The summed E-state index contributed by atoms with van der Waals surface area (Å²) >= 11 is 3.62. The van der Waals surface area contributed by atoms with E-state index in [0.717, 1.165) is 10.0 Å². The first kappa shape index (κ1) is 22.0. The molecule has 0 N–H and O–H groups in total. The molecule has 0 fully saturated rings. The summed E-state index contributed by atoms with van der Waals surface area (Å²) in [6, 6.07) is 31.8. The fraction of sp³-hybridized carbons (Fsp3) is 0. The van der Waals surface area contributed by atoms with Crippen molar-refractivity contribution in [1.82, 2.24) is 9.97 Å². The number of hydrogen-bond donors (Lipinski definition) is 0. The van der Waals surface area contributed by atoms with Gasteiger partial charge in [-0.25, -0.2) is 0 Å². The molecular weight excluding hydrogens is 579 g/mol. The van der Waals surface area contributed by atoms with Crippen molar-refractivity contribution >= 4 is 99.6 Å². The fourth-order valence-electron chi connectivity index (χ4n) is 6.03. The zero-order chi connectivity index (χ0) is 25.5. The van der Waals surface area contributed by atoms with Crippen molar-refractivity contribution in [2.24, 2.45) is 0 Å². The summed E-state index contributed by atoms with van der Waals surface area (Å²) < 4.78 is 2.88. The number of rotatable bonds is 2. The standard InChI is InChI=1S/C34H18N2S2Se/c1-3-7-21-15-25-23(13-19(21)5-1)27(33-35-9-11-37-33)17-29-31(25)32-26-16-22-8-4-2-6-20(22)14-24(26)28(18-30(32)39-29)34-36-10-12-38-34/h1-18H. The molecule has 9 rings (SSSR count). The number of thiazole rings is 2. The molecule has 182 valence electrons. The Morgan fingerprint density at radius 3 is 1.28 bits per heavy atom. The predicted molar refractivity (Wildman–Crippen MR) is 171 cm³/mol. The maximum atomic E-state index is 4.74. The molecule has 0 atom stereocenters. The third-order valence-electron chi connectivity index (χ3n) is 7.73. The molecule has 0 unspecified atom stereocenters. The van der Waals surface area contributed by atoms with Gasteiger partial charge in [-0.3, -0.25) is 0 Å². The Kier molecular flexibility index (Phi) is 4.69. The first-order valence-corrected chi connectivity index (χ1v) is 16.3. The molecule has 2 nitrogen and oxygen atoms in total. The Morgan fingerprint density at radius 2 is 0.897 bits per heavy atom. The summed E-state index contributed by atoms with van der Waals surface area (Å²) in [5.41, 5.74) is 2.49. The molecule has 0 aliphatic heterocycles. The molecule has 9 aromatic rings. The molecular formula is C34H18N2S2Se. The van der Waals surface area contributed by atoms with Crippen molar-refractivity contribution in [3.05, 3.63) is 108 Å². The summed E-state index contributed by atoms with van der Waals surface area (Å²) in [6.07, 6.45) is 3.83. The minimum atomic E-state index is 0.183. The summed E-state index contributed by atoms with van der Waals surface area (Å²) in [6.45, 7) is 0. The van der Waals surface area contributed by atoms with E-state index in [2.05, 4.69) is 95.7 Å². The van der Waals surface area contributed by atoms with E-state index in [9.17, 15) is 0 Å². The first-order valence-electron chi connectivity index (χ1n) is 12.8. The van der Waals surface area contributed by atoms with E-state index >= 15 is 0 Å². The minimum absolute atomic E-state index is 0.183. The maximum absolute atomic E-state index is 4.74. The second-order valence-electron chi connectivity index (χ2n) is 9.86. The van der Waals surface area contributed by atoms with E-state index in [1.165, 1.54) is 73.5 Å². The van der Waals surface area contributed by atoms with Crippen LogP contribution in [0, 0.1) is 0 Å². The van der Waals surface area contributed by atoms with Gasteiger partial charge < -0.3 is 0 Å². The van der Waals surface area contributed by atoms with Crippen LogP contribution in [0.15, 0.2) is 108 Å². The van der Waals surface area contributed by atoms with Crippen molar-refractivity contribution in [1.29, 1.82) is 0 Å². The number of hydrogen-bond acceptors (Lipinski definition) is 4. The third-order valence-corrected chi connectivity index (χ3v) is 11.6. The Morgan fingerprint density at radius 1 is 0.487 bits per heavy atom. The quantitative estimate of drug-likeness (QED) is 0.146. The third kappa shape index (κ3) is 3.25. The van der Waals surface area contributed by atoms with Crippen molar-refractivity contribution in [3.8, 4) is 21.1 Å². The normalized spacial score (nSPS) is 12.1. The van der Waals surface area contributed by atoms with Crippen LogP contribution in [-0.4, -0.2) is 24.5 Å². The number of fused-ring (bicyclic) bond motifs is 9. The molecule has 0 amide bonds. The van der Waals surface area contributed by atoms with Crippen molar-refractivity contribution in [3.63, 3.8) is 0 Å². The number of benzene rings is 6. The van der Waals surface area contributed by atoms with Gasteiger partial charge in [-0.05, 0) is 0 Å². The van der Waals surface area contributed by atoms with Gasteiger partial charge in [0.2, 0.25) is 0 Å². The van der Waals surface area contributed by atoms with Crippen LogP contribution in [0.25, 0.3) is 83.5 Å². The molecule has 3 heterocycles. The Hall–Kier alpha value is -3.86. The van der Waals surface area contributed by atoms with Gasteiger partial charge in [-0.15, -0.1) is 0 Å². The van der Waals surface area contributed by atoms with Crippen LogP contribution >= 0.6 is 22.7 Å². The molecule has 0 aliphatic rings. The molecule has 0 saturated carbocycles.